The first-order chi connectivity index (χ1) is 13.3. The van der Waals surface area contributed by atoms with Crippen LogP contribution in [0.15, 0.2) is 11.1 Å². The third kappa shape index (κ3) is 4.25. The highest BCUT2D eigenvalue weighted by Crippen LogP contribution is 2.41. The number of halogens is 1. The number of esters is 1. The Bertz CT molecular complexity index is 831. The highest BCUT2D eigenvalue weighted by molar-refractivity contribution is 7.17. The number of allylic oxidation sites excluding steroid dienone is 2. The molecule has 0 saturated heterocycles. The van der Waals surface area contributed by atoms with Crippen molar-refractivity contribution in [2.45, 2.75) is 46.0 Å². The zero-order valence-electron chi connectivity index (χ0n) is 15.9. The van der Waals surface area contributed by atoms with Gasteiger partial charge in [0.25, 0.3) is 0 Å². The SMILES string of the molecule is CCOC(=O)c1c(NC(=O)[C@@H]2CC(Cl)=CC[C@H]2C(=O)O)sc2c1C[C@@H](C)CC2. The molecule has 2 aliphatic carbocycles. The predicted molar refractivity (Wildman–Crippen MR) is 108 cm³/mol. The van der Waals surface area contributed by atoms with Crippen LogP contribution in [0.1, 0.15) is 53.9 Å². The highest BCUT2D eigenvalue weighted by atomic mass is 35.5. The van der Waals surface area contributed by atoms with Gasteiger partial charge in [0.05, 0.1) is 24.0 Å². The van der Waals surface area contributed by atoms with Gasteiger partial charge in [0, 0.05) is 9.91 Å². The van der Waals surface area contributed by atoms with Crippen molar-refractivity contribution in [3.8, 4) is 0 Å². The van der Waals surface area contributed by atoms with Crippen LogP contribution in [0.25, 0.3) is 0 Å². The van der Waals surface area contributed by atoms with Crippen molar-refractivity contribution in [3.63, 3.8) is 0 Å². The van der Waals surface area contributed by atoms with Crippen LogP contribution < -0.4 is 5.32 Å². The van der Waals surface area contributed by atoms with Gasteiger partial charge in [-0.15, -0.1) is 11.3 Å². The van der Waals surface area contributed by atoms with E-state index < -0.39 is 29.7 Å². The number of carbonyl (C=O) groups is 3. The van der Waals surface area contributed by atoms with Gasteiger partial charge in [-0.1, -0.05) is 24.6 Å². The number of carboxylic acid groups (broad SMARTS) is 1. The van der Waals surface area contributed by atoms with Crippen LogP contribution in [0.4, 0.5) is 5.00 Å². The predicted octanol–water partition coefficient (Wildman–Crippen LogP) is 4.22. The minimum Gasteiger partial charge on any atom is -0.481 e. The Hall–Kier alpha value is -1.86. The first-order valence-corrected chi connectivity index (χ1v) is 10.7. The molecule has 0 fully saturated rings. The van der Waals surface area contributed by atoms with Gasteiger partial charge in [0.15, 0.2) is 0 Å². The van der Waals surface area contributed by atoms with Gasteiger partial charge in [0.1, 0.15) is 5.00 Å². The summed E-state index contributed by atoms with van der Waals surface area (Å²) in [6, 6.07) is 0. The van der Waals surface area contributed by atoms with E-state index in [-0.39, 0.29) is 19.4 Å². The molecule has 2 N–H and O–H groups in total. The molecule has 2 aliphatic rings. The average molecular weight is 426 g/mol. The van der Waals surface area contributed by atoms with Gasteiger partial charge in [-0.3, -0.25) is 9.59 Å². The lowest BCUT2D eigenvalue weighted by Crippen LogP contribution is -2.35. The zero-order chi connectivity index (χ0) is 20.4. The van der Waals surface area contributed by atoms with Crippen molar-refractivity contribution in [3.05, 3.63) is 27.1 Å². The number of fused-ring (bicyclic) bond motifs is 1. The largest absolute Gasteiger partial charge is 0.481 e. The standard InChI is InChI=1S/C20H24ClNO5S/c1-3-27-20(26)16-14-8-10(2)4-7-15(14)28-18(16)22-17(23)13-9-11(21)5-6-12(13)19(24)25/h5,10,12-13H,3-4,6-9H2,1-2H3,(H,22,23)(H,24,25)/t10-,12+,13+/m0/s1. The number of anilines is 1. The fourth-order valence-corrected chi connectivity index (χ4v) is 5.36. The third-order valence-electron chi connectivity index (χ3n) is 5.37. The second-order valence-electron chi connectivity index (χ2n) is 7.41. The van der Waals surface area contributed by atoms with Crippen molar-refractivity contribution in [2.75, 3.05) is 11.9 Å². The molecule has 0 bridgehead atoms. The Morgan fingerprint density at radius 1 is 1.32 bits per heavy atom. The maximum atomic E-state index is 12.9. The smallest absolute Gasteiger partial charge is 0.341 e. The molecule has 28 heavy (non-hydrogen) atoms. The molecule has 0 radical (unpaired) electrons. The first-order valence-electron chi connectivity index (χ1n) is 9.51. The molecule has 1 amide bonds. The number of rotatable bonds is 5. The first kappa shape index (κ1) is 20.9. The maximum Gasteiger partial charge on any atom is 0.341 e. The second-order valence-corrected chi connectivity index (χ2v) is 9.00. The minimum atomic E-state index is -1.02. The number of hydrogen-bond acceptors (Lipinski definition) is 5. The number of amides is 1. The third-order valence-corrected chi connectivity index (χ3v) is 6.89. The Kier molecular flexibility index (Phi) is 6.45. The fraction of sp³-hybridized carbons (Fsp3) is 0.550. The summed E-state index contributed by atoms with van der Waals surface area (Å²) in [6.07, 6.45) is 4.72. The van der Waals surface area contributed by atoms with Crippen LogP contribution in [0.3, 0.4) is 0 Å². The summed E-state index contributed by atoms with van der Waals surface area (Å²) in [6.45, 7) is 4.13. The van der Waals surface area contributed by atoms with E-state index in [1.54, 1.807) is 13.0 Å². The number of aliphatic carboxylic acids is 1. The van der Waals surface area contributed by atoms with Crippen LogP contribution >= 0.6 is 22.9 Å². The van der Waals surface area contributed by atoms with Crippen LogP contribution in [-0.4, -0.2) is 29.6 Å². The molecule has 1 aromatic heterocycles. The zero-order valence-corrected chi connectivity index (χ0v) is 17.5. The fourth-order valence-electron chi connectivity index (χ4n) is 3.87. The van der Waals surface area contributed by atoms with E-state index in [0.717, 1.165) is 29.7 Å². The summed E-state index contributed by atoms with van der Waals surface area (Å²) in [4.78, 5) is 38.2. The summed E-state index contributed by atoms with van der Waals surface area (Å²) >= 11 is 7.46. The van der Waals surface area contributed by atoms with E-state index in [9.17, 15) is 19.5 Å². The van der Waals surface area contributed by atoms with Gasteiger partial charge in [-0.25, -0.2) is 4.79 Å². The van der Waals surface area contributed by atoms with Crippen molar-refractivity contribution < 1.29 is 24.2 Å². The molecule has 0 aromatic carbocycles. The molecule has 0 spiro atoms. The number of aryl methyl sites for hydroxylation is 1. The number of nitrogens with one attached hydrogen (secondary N) is 1. The van der Waals surface area contributed by atoms with E-state index in [4.69, 9.17) is 16.3 Å². The van der Waals surface area contributed by atoms with Crippen molar-refractivity contribution >= 4 is 45.8 Å². The summed E-state index contributed by atoms with van der Waals surface area (Å²) in [5, 5.41) is 13.2. The summed E-state index contributed by atoms with van der Waals surface area (Å²) in [5.41, 5.74) is 1.37. The summed E-state index contributed by atoms with van der Waals surface area (Å²) in [7, 11) is 0. The summed E-state index contributed by atoms with van der Waals surface area (Å²) in [5.74, 6) is -3.04. The van der Waals surface area contributed by atoms with Crippen LogP contribution in [0.2, 0.25) is 0 Å². The molecule has 8 heteroatoms. The van der Waals surface area contributed by atoms with Crippen molar-refractivity contribution in [2.24, 2.45) is 17.8 Å². The highest BCUT2D eigenvalue weighted by Gasteiger charge is 2.37. The molecule has 152 valence electrons. The Balaban J connectivity index is 1.91. The van der Waals surface area contributed by atoms with Gasteiger partial charge in [0.2, 0.25) is 5.91 Å². The molecular weight excluding hydrogens is 402 g/mol. The van der Waals surface area contributed by atoms with Gasteiger partial charge in [-0.05, 0) is 50.5 Å². The molecule has 3 rings (SSSR count). The lowest BCUT2D eigenvalue weighted by molar-refractivity contribution is -0.146. The van der Waals surface area contributed by atoms with Crippen LogP contribution in [0.5, 0.6) is 0 Å². The van der Waals surface area contributed by atoms with Crippen LogP contribution in [-0.2, 0) is 27.2 Å². The quantitative estimate of drug-likeness (QED) is 0.689. The lowest BCUT2D eigenvalue weighted by atomic mass is 9.82. The van der Waals surface area contributed by atoms with Crippen LogP contribution in [0, 0.1) is 17.8 Å². The monoisotopic (exact) mass is 425 g/mol. The number of carbonyl (C=O) groups excluding carboxylic acids is 2. The Morgan fingerprint density at radius 2 is 2.07 bits per heavy atom. The molecule has 3 atom stereocenters. The van der Waals surface area contributed by atoms with Gasteiger partial charge in [-0.2, -0.15) is 0 Å². The van der Waals surface area contributed by atoms with E-state index in [1.807, 2.05) is 0 Å². The molecule has 0 aliphatic heterocycles. The molecule has 6 nitrogen and oxygen atoms in total. The second kappa shape index (κ2) is 8.66. The average Bonchev–Trinajstić information content (AvgIpc) is 2.98. The van der Waals surface area contributed by atoms with E-state index >= 15 is 0 Å². The summed E-state index contributed by atoms with van der Waals surface area (Å²) < 4.78 is 5.22. The molecular formula is C20H24ClNO5S. The number of ether oxygens (including phenoxy) is 1. The van der Waals surface area contributed by atoms with Gasteiger partial charge < -0.3 is 15.2 Å². The van der Waals surface area contributed by atoms with E-state index in [0.29, 0.717) is 21.5 Å². The number of carboxylic acids is 1. The van der Waals surface area contributed by atoms with Crippen molar-refractivity contribution in [1.29, 1.82) is 0 Å². The topological polar surface area (TPSA) is 92.7 Å². The molecule has 0 unspecified atom stereocenters. The number of thiophene rings is 1. The minimum absolute atomic E-state index is 0.182. The lowest BCUT2D eigenvalue weighted by Gasteiger charge is -2.25. The Morgan fingerprint density at radius 3 is 2.75 bits per heavy atom. The normalized spacial score (nSPS) is 24.1. The maximum absolute atomic E-state index is 12.9. The molecule has 0 saturated carbocycles. The number of hydrogen-bond donors (Lipinski definition) is 2. The van der Waals surface area contributed by atoms with E-state index in [2.05, 4.69) is 12.2 Å². The van der Waals surface area contributed by atoms with Gasteiger partial charge >= 0.3 is 11.9 Å². The Labute approximate surface area is 172 Å². The van der Waals surface area contributed by atoms with Crippen molar-refractivity contribution in [1.82, 2.24) is 0 Å². The van der Waals surface area contributed by atoms with E-state index in [1.165, 1.54) is 11.3 Å². The molecule has 1 aromatic rings. The molecule has 1 heterocycles.